The maximum Gasteiger partial charge on any atom is 0.0925 e. The van der Waals surface area contributed by atoms with Gasteiger partial charge in [0.15, 0.2) is 0 Å². The topological polar surface area (TPSA) is 30.7 Å². The zero-order chi connectivity index (χ0) is 12.4. The van der Waals surface area contributed by atoms with Crippen LogP contribution in [0.2, 0.25) is 0 Å². The van der Waals surface area contributed by atoms with Crippen molar-refractivity contribution in [1.82, 2.24) is 14.8 Å². The highest BCUT2D eigenvalue weighted by atomic mass is 79.9. The van der Waals surface area contributed by atoms with E-state index in [-0.39, 0.29) is 0 Å². The van der Waals surface area contributed by atoms with Gasteiger partial charge in [0.25, 0.3) is 0 Å². The average molecular weight is 300 g/mol. The third-order valence-electron chi connectivity index (χ3n) is 2.64. The van der Waals surface area contributed by atoms with E-state index in [2.05, 4.69) is 26.0 Å². The van der Waals surface area contributed by atoms with Crippen molar-refractivity contribution in [3.8, 4) is 17.1 Å². The van der Waals surface area contributed by atoms with Crippen LogP contribution < -0.4 is 0 Å². The molecule has 1 aromatic carbocycles. The predicted octanol–water partition coefficient (Wildman–Crippen LogP) is 3.70. The number of nitrogens with zero attached hydrogens (tertiary/aromatic N) is 3. The van der Waals surface area contributed by atoms with E-state index in [0.29, 0.717) is 0 Å². The lowest BCUT2D eigenvalue weighted by atomic mass is 10.2. The quantitative estimate of drug-likeness (QED) is 0.722. The van der Waals surface area contributed by atoms with Crippen LogP contribution in [0.15, 0.2) is 65.4 Å². The van der Waals surface area contributed by atoms with Gasteiger partial charge in [0.1, 0.15) is 0 Å². The van der Waals surface area contributed by atoms with Gasteiger partial charge in [-0.25, -0.2) is 4.68 Å². The van der Waals surface area contributed by atoms with Crippen molar-refractivity contribution in [2.45, 2.75) is 0 Å². The minimum atomic E-state index is 0.915. The summed E-state index contributed by atoms with van der Waals surface area (Å²) in [5.74, 6) is 0. The first kappa shape index (κ1) is 11.2. The zero-order valence-electron chi connectivity index (χ0n) is 9.49. The fraction of sp³-hybridized carbons (Fsp3) is 0. The Morgan fingerprint density at radius 3 is 2.44 bits per heavy atom. The summed E-state index contributed by atoms with van der Waals surface area (Å²) in [6.07, 6.45) is 3.57. The van der Waals surface area contributed by atoms with Gasteiger partial charge >= 0.3 is 0 Å². The molecule has 4 heteroatoms. The number of hydrogen-bond donors (Lipinski definition) is 0. The number of halogens is 1. The molecule has 3 nitrogen and oxygen atoms in total. The molecule has 0 amide bonds. The molecule has 0 saturated carbocycles. The maximum absolute atomic E-state index is 4.35. The van der Waals surface area contributed by atoms with Crippen molar-refractivity contribution in [3.63, 3.8) is 0 Å². The summed E-state index contributed by atoms with van der Waals surface area (Å²) in [6, 6.07) is 15.9. The molecule has 2 heterocycles. The molecule has 0 aliphatic heterocycles. The molecule has 18 heavy (non-hydrogen) atoms. The fourth-order valence-electron chi connectivity index (χ4n) is 1.80. The van der Waals surface area contributed by atoms with Gasteiger partial charge in [-0.15, -0.1) is 0 Å². The minimum Gasteiger partial charge on any atom is -0.255 e. The SMILES string of the molecule is Brc1ccc(-n2nccc2-c2ccccn2)cc1. The Balaban J connectivity index is 2.10. The molecule has 3 aromatic rings. The van der Waals surface area contributed by atoms with Crippen molar-refractivity contribution in [2.24, 2.45) is 0 Å². The third-order valence-corrected chi connectivity index (χ3v) is 3.17. The summed E-state index contributed by atoms with van der Waals surface area (Å²) in [5, 5.41) is 4.35. The van der Waals surface area contributed by atoms with Gasteiger partial charge in [-0.2, -0.15) is 5.10 Å². The van der Waals surface area contributed by atoms with E-state index >= 15 is 0 Å². The van der Waals surface area contributed by atoms with E-state index in [9.17, 15) is 0 Å². The number of benzene rings is 1. The Hall–Kier alpha value is -1.94. The lowest BCUT2D eigenvalue weighted by Crippen LogP contribution is -1.99. The average Bonchev–Trinajstić information content (AvgIpc) is 2.90. The third kappa shape index (κ3) is 2.07. The molecule has 0 bridgehead atoms. The summed E-state index contributed by atoms with van der Waals surface area (Å²) in [4.78, 5) is 4.35. The summed E-state index contributed by atoms with van der Waals surface area (Å²) in [6.45, 7) is 0. The number of rotatable bonds is 2. The van der Waals surface area contributed by atoms with Crippen LogP contribution in [0.3, 0.4) is 0 Å². The van der Waals surface area contributed by atoms with Crippen molar-refractivity contribution in [3.05, 3.63) is 65.4 Å². The van der Waals surface area contributed by atoms with Crippen LogP contribution in [-0.4, -0.2) is 14.8 Å². The second-order valence-corrected chi connectivity index (χ2v) is 4.74. The van der Waals surface area contributed by atoms with Crippen LogP contribution in [0.5, 0.6) is 0 Å². The maximum atomic E-state index is 4.35. The van der Waals surface area contributed by atoms with E-state index in [4.69, 9.17) is 0 Å². The molecule has 2 aromatic heterocycles. The Morgan fingerprint density at radius 2 is 1.72 bits per heavy atom. The van der Waals surface area contributed by atoms with E-state index in [0.717, 1.165) is 21.5 Å². The number of hydrogen-bond acceptors (Lipinski definition) is 2. The Labute approximate surface area is 113 Å². The Morgan fingerprint density at radius 1 is 0.889 bits per heavy atom. The monoisotopic (exact) mass is 299 g/mol. The van der Waals surface area contributed by atoms with Gasteiger partial charge < -0.3 is 0 Å². The molecular formula is C14H10BrN3. The van der Waals surface area contributed by atoms with Crippen molar-refractivity contribution < 1.29 is 0 Å². The van der Waals surface area contributed by atoms with E-state index in [1.807, 2.05) is 53.2 Å². The summed E-state index contributed by atoms with van der Waals surface area (Å²) < 4.78 is 2.94. The number of aromatic nitrogens is 3. The lowest BCUT2D eigenvalue weighted by molar-refractivity contribution is 0.884. The van der Waals surface area contributed by atoms with Gasteiger partial charge in [-0.3, -0.25) is 4.98 Å². The van der Waals surface area contributed by atoms with Crippen molar-refractivity contribution in [2.75, 3.05) is 0 Å². The molecule has 0 fully saturated rings. The summed E-state index contributed by atoms with van der Waals surface area (Å²) >= 11 is 3.43. The Kier molecular flexibility index (Phi) is 2.94. The van der Waals surface area contributed by atoms with Gasteiger partial charge in [-0.1, -0.05) is 22.0 Å². The van der Waals surface area contributed by atoms with E-state index in [1.54, 1.807) is 12.4 Å². The minimum absolute atomic E-state index is 0.915. The van der Waals surface area contributed by atoms with Crippen LogP contribution in [0, 0.1) is 0 Å². The zero-order valence-corrected chi connectivity index (χ0v) is 11.1. The van der Waals surface area contributed by atoms with Gasteiger partial charge in [0.05, 0.1) is 23.3 Å². The molecule has 0 aliphatic rings. The highest BCUT2D eigenvalue weighted by Gasteiger charge is 2.07. The normalized spacial score (nSPS) is 10.5. The molecular weight excluding hydrogens is 290 g/mol. The van der Waals surface area contributed by atoms with Crippen molar-refractivity contribution >= 4 is 15.9 Å². The molecule has 88 valence electrons. The summed E-state index contributed by atoms with van der Waals surface area (Å²) in [5.41, 5.74) is 2.92. The largest absolute Gasteiger partial charge is 0.255 e. The van der Waals surface area contributed by atoms with Crippen LogP contribution in [-0.2, 0) is 0 Å². The van der Waals surface area contributed by atoms with Gasteiger partial charge in [0, 0.05) is 10.7 Å². The molecule has 3 rings (SSSR count). The van der Waals surface area contributed by atoms with E-state index in [1.165, 1.54) is 0 Å². The molecule has 0 atom stereocenters. The molecule has 0 radical (unpaired) electrons. The highest BCUT2D eigenvalue weighted by molar-refractivity contribution is 9.10. The second-order valence-electron chi connectivity index (χ2n) is 3.82. The standard InChI is InChI=1S/C14H10BrN3/c15-11-4-6-12(7-5-11)18-14(8-10-17-18)13-3-1-2-9-16-13/h1-10H. The lowest BCUT2D eigenvalue weighted by Gasteiger charge is -2.06. The first-order valence-electron chi connectivity index (χ1n) is 5.56. The summed E-state index contributed by atoms with van der Waals surface area (Å²) in [7, 11) is 0. The molecule has 0 aliphatic carbocycles. The van der Waals surface area contributed by atoms with Gasteiger partial charge in [-0.05, 0) is 42.5 Å². The van der Waals surface area contributed by atoms with E-state index < -0.39 is 0 Å². The van der Waals surface area contributed by atoms with Gasteiger partial charge in [0.2, 0.25) is 0 Å². The fourth-order valence-corrected chi connectivity index (χ4v) is 2.06. The van der Waals surface area contributed by atoms with Crippen LogP contribution in [0.25, 0.3) is 17.1 Å². The molecule has 0 saturated heterocycles. The molecule has 0 spiro atoms. The van der Waals surface area contributed by atoms with Crippen LogP contribution >= 0.6 is 15.9 Å². The van der Waals surface area contributed by atoms with Crippen molar-refractivity contribution in [1.29, 1.82) is 0 Å². The van der Waals surface area contributed by atoms with Crippen LogP contribution in [0.1, 0.15) is 0 Å². The number of pyridine rings is 1. The van der Waals surface area contributed by atoms with Crippen LogP contribution in [0.4, 0.5) is 0 Å². The molecule has 0 N–H and O–H groups in total. The first-order valence-corrected chi connectivity index (χ1v) is 6.35. The smallest absolute Gasteiger partial charge is 0.0925 e. The molecule has 0 unspecified atom stereocenters. The second kappa shape index (κ2) is 4.74. The highest BCUT2D eigenvalue weighted by Crippen LogP contribution is 2.21. The first-order chi connectivity index (χ1) is 8.84. The Bertz CT molecular complexity index is 644. The predicted molar refractivity (Wildman–Crippen MR) is 74.5 cm³/mol.